The van der Waals surface area contributed by atoms with E-state index in [1.54, 1.807) is 43.6 Å². The molecule has 0 amide bonds. The highest BCUT2D eigenvalue weighted by atomic mass is 31.2. The monoisotopic (exact) mass is 347 g/mol. The summed E-state index contributed by atoms with van der Waals surface area (Å²) in [6.45, 7) is 1.90. The number of nitrogens with one attached hydrogen (secondary N) is 2. The molecule has 1 unspecified atom stereocenters. The summed E-state index contributed by atoms with van der Waals surface area (Å²) >= 11 is 0. The van der Waals surface area contributed by atoms with Crippen LogP contribution in [-0.2, 0) is 9.09 Å². The second kappa shape index (κ2) is 8.41. The van der Waals surface area contributed by atoms with Gasteiger partial charge in [-0.25, -0.2) is 9.98 Å². The van der Waals surface area contributed by atoms with Crippen LogP contribution < -0.4 is 5.32 Å². The number of aromatic nitrogens is 2. The Labute approximate surface area is 139 Å². The minimum atomic E-state index is -4.06. The van der Waals surface area contributed by atoms with Crippen LogP contribution >= 0.6 is 7.60 Å². The fourth-order valence-electron chi connectivity index (χ4n) is 1.91. The van der Waals surface area contributed by atoms with Crippen molar-refractivity contribution in [2.24, 2.45) is 4.99 Å². The molecule has 24 heavy (non-hydrogen) atoms. The number of amidine groups is 1. The lowest BCUT2D eigenvalue weighted by molar-refractivity contribution is 0.285. The van der Waals surface area contributed by atoms with Gasteiger partial charge in [0.05, 0.1) is 24.8 Å². The highest BCUT2D eigenvalue weighted by Gasteiger charge is 2.27. The smallest absolute Gasteiger partial charge is 0.362 e. The number of nitrogens with zero attached hydrogens (tertiary/aromatic N) is 3. The molecule has 0 aliphatic rings. The van der Waals surface area contributed by atoms with Gasteiger partial charge in [0.2, 0.25) is 5.58 Å². The molecular weight excluding hydrogens is 329 g/mol. The van der Waals surface area contributed by atoms with E-state index < -0.39 is 7.60 Å². The van der Waals surface area contributed by atoms with E-state index in [4.69, 9.17) is 9.79 Å². The lowest BCUT2D eigenvalue weighted by Crippen LogP contribution is -2.25. The number of nitriles is 1. The lowest BCUT2D eigenvalue weighted by atomic mass is 10.2. The van der Waals surface area contributed by atoms with Gasteiger partial charge in [0, 0.05) is 24.5 Å². The van der Waals surface area contributed by atoms with E-state index in [9.17, 15) is 9.46 Å². The van der Waals surface area contributed by atoms with Crippen LogP contribution in [0.4, 0.5) is 5.69 Å². The van der Waals surface area contributed by atoms with Crippen LogP contribution in [0.3, 0.4) is 0 Å². The van der Waals surface area contributed by atoms with Crippen LogP contribution in [0.15, 0.2) is 41.7 Å². The van der Waals surface area contributed by atoms with E-state index in [-0.39, 0.29) is 25.1 Å². The molecule has 0 aliphatic carbocycles. The molecule has 0 saturated heterocycles. The van der Waals surface area contributed by atoms with E-state index in [1.807, 2.05) is 6.07 Å². The first kappa shape index (κ1) is 17.9. The van der Waals surface area contributed by atoms with E-state index in [1.165, 1.54) is 0 Å². The summed E-state index contributed by atoms with van der Waals surface area (Å²) in [5.74, 6) is 0.722. The van der Waals surface area contributed by atoms with Gasteiger partial charge in [-0.3, -0.25) is 4.57 Å². The van der Waals surface area contributed by atoms with Crippen molar-refractivity contribution in [2.75, 3.05) is 13.2 Å². The molecule has 0 spiro atoms. The molecule has 1 heterocycles. The van der Waals surface area contributed by atoms with Crippen LogP contribution in [-0.4, -0.2) is 33.6 Å². The van der Waals surface area contributed by atoms with Gasteiger partial charge in [-0.2, -0.15) is 5.26 Å². The van der Waals surface area contributed by atoms with Crippen LogP contribution in [0.5, 0.6) is 0 Å². The zero-order valence-electron chi connectivity index (χ0n) is 13.1. The number of benzene rings is 1. The number of hydrogen-bond donors (Lipinski definition) is 3. The standard InChI is InChI=1S/C15H18N5O3P/c1-2-23-24(21,22)15(19-9-3-8-16)20-13-6-4-12(5-7-13)14-17-10-11-18-14/h4-7,10-11H,2-3,9H2,1H3,(H,17,18)(H,19,20)(H,21,22). The third-order valence-corrected chi connectivity index (χ3v) is 4.37. The van der Waals surface area contributed by atoms with Crippen molar-refractivity contribution in [3.05, 3.63) is 36.7 Å². The van der Waals surface area contributed by atoms with Crippen LogP contribution in [0, 0.1) is 11.3 Å². The molecule has 0 fully saturated rings. The highest BCUT2D eigenvalue weighted by molar-refractivity contribution is 7.71. The Morgan fingerprint density at radius 3 is 2.83 bits per heavy atom. The Balaban J connectivity index is 2.24. The van der Waals surface area contributed by atoms with E-state index in [2.05, 4.69) is 20.3 Å². The first-order valence-electron chi connectivity index (χ1n) is 7.34. The van der Waals surface area contributed by atoms with E-state index in [0.29, 0.717) is 5.69 Å². The van der Waals surface area contributed by atoms with Crippen LogP contribution in [0.2, 0.25) is 0 Å². The van der Waals surface area contributed by atoms with Gasteiger partial charge >= 0.3 is 7.60 Å². The Morgan fingerprint density at radius 2 is 2.25 bits per heavy atom. The van der Waals surface area contributed by atoms with E-state index >= 15 is 0 Å². The molecule has 2 rings (SSSR count). The van der Waals surface area contributed by atoms with Gasteiger partial charge in [-0.1, -0.05) is 0 Å². The number of aliphatic imine (C=N–C) groups is 1. The Morgan fingerprint density at radius 1 is 1.50 bits per heavy atom. The summed E-state index contributed by atoms with van der Waals surface area (Å²) in [5.41, 5.74) is 1.18. The molecule has 3 N–H and O–H groups in total. The van der Waals surface area contributed by atoms with Crippen molar-refractivity contribution in [1.29, 1.82) is 5.26 Å². The average molecular weight is 347 g/mol. The third kappa shape index (κ3) is 4.77. The quantitative estimate of drug-likeness (QED) is 0.306. The molecule has 1 atom stereocenters. The fourth-order valence-corrected chi connectivity index (χ4v) is 2.93. The molecule has 0 aliphatic heterocycles. The van der Waals surface area contributed by atoms with Crippen molar-refractivity contribution in [3.63, 3.8) is 0 Å². The molecule has 1 aromatic heterocycles. The highest BCUT2D eigenvalue weighted by Crippen LogP contribution is 2.43. The largest absolute Gasteiger partial charge is 0.393 e. The van der Waals surface area contributed by atoms with Crippen molar-refractivity contribution in [2.45, 2.75) is 13.3 Å². The summed E-state index contributed by atoms with van der Waals surface area (Å²) in [6.07, 6.45) is 3.56. The average Bonchev–Trinajstić information content (AvgIpc) is 3.09. The van der Waals surface area contributed by atoms with Crippen molar-refractivity contribution in [1.82, 2.24) is 15.3 Å². The predicted molar refractivity (Wildman–Crippen MR) is 90.8 cm³/mol. The number of imidazole rings is 1. The van der Waals surface area contributed by atoms with Gasteiger partial charge in [-0.05, 0) is 31.2 Å². The molecular formula is C15H18N5O3P. The maximum absolute atomic E-state index is 12.2. The van der Waals surface area contributed by atoms with Crippen molar-refractivity contribution in [3.8, 4) is 17.5 Å². The first-order chi connectivity index (χ1) is 11.6. The number of hydrogen-bond acceptors (Lipinski definition) is 5. The van der Waals surface area contributed by atoms with Crippen molar-refractivity contribution < 1.29 is 14.0 Å². The lowest BCUT2D eigenvalue weighted by Gasteiger charge is -2.14. The van der Waals surface area contributed by atoms with Gasteiger partial charge in [-0.15, -0.1) is 0 Å². The SMILES string of the molecule is CCOP(=O)(O)C(=Nc1ccc(-c2ncc[nH]2)cc1)NCCC#N. The van der Waals surface area contributed by atoms with Gasteiger partial charge in [0.1, 0.15) is 5.82 Å². The zero-order chi connectivity index (χ0) is 17.4. The summed E-state index contributed by atoms with van der Waals surface area (Å²) in [5, 5.41) is 11.3. The molecule has 1 aromatic carbocycles. The third-order valence-electron chi connectivity index (χ3n) is 2.97. The normalized spacial score (nSPS) is 14.0. The minimum Gasteiger partial charge on any atom is -0.362 e. The molecule has 0 bridgehead atoms. The number of rotatable bonds is 7. The molecule has 0 saturated carbocycles. The minimum absolute atomic E-state index is 0.0736. The molecule has 9 heteroatoms. The fraction of sp³-hybridized carbons (Fsp3) is 0.267. The Kier molecular flexibility index (Phi) is 6.27. The van der Waals surface area contributed by atoms with Gasteiger partial charge in [0.15, 0.2) is 0 Å². The Bertz CT molecular complexity index is 765. The number of H-pyrrole nitrogens is 1. The second-order valence-corrected chi connectivity index (χ2v) is 6.42. The maximum atomic E-state index is 12.2. The van der Waals surface area contributed by atoms with Crippen molar-refractivity contribution >= 4 is 18.9 Å². The summed E-state index contributed by atoms with van der Waals surface area (Å²) in [4.78, 5) is 21.3. The summed E-state index contributed by atoms with van der Waals surface area (Å²) in [6, 6.07) is 8.96. The van der Waals surface area contributed by atoms with Crippen LogP contribution in [0.25, 0.3) is 11.4 Å². The van der Waals surface area contributed by atoms with E-state index in [0.717, 1.165) is 11.4 Å². The molecule has 126 valence electrons. The van der Waals surface area contributed by atoms with Crippen LogP contribution in [0.1, 0.15) is 13.3 Å². The maximum Gasteiger partial charge on any atom is 0.393 e. The summed E-state index contributed by atoms with van der Waals surface area (Å²) < 4.78 is 17.1. The molecule has 2 aromatic rings. The van der Waals surface area contributed by atoms with Gasteiger partial charge in [0.25, 0.3) is 0 Å². The predicted octanol–water partition coefficient (Wildman–Crippen LogP) is 2.79. The first-order valence-corrected chi connectivity index (χ1v) is 8.92. The summed E-state index contributed by atoms with van der Waals surface area (Å²) in [7, 11) is -4.06. The zero-order valence-corrected chi connectivity index (χ0v) is 14.0. The number of aromatic amines is 1. The second-order valence-electron chi connectivity index (χ2n) is 4.69. The molecule has 8 nitrogen and oxygen atoms in total. The molecule has 0 radical (unpaired) electrons. The topological polar surface area (TPSA) is 123 Å². The Hall–Kier alpha value is -2.46. The van der Waals surface area contributed by atoms with Gasteiger partial charge < -0.3 is 19.7 Å².